The number of hydrogen-bond donors (Lipinski definition) is 2. The minimum absolute atomic E-state index is 0.121. The number of hydrogen-bond acceptors (Lipinski definition) is 2. The molecule has 23 heavy (non-hydrogen) atoms. The molecule has 0 aromatic heterocycles. The molecule has 3 N–H and O–H groups in total. The average molecular weight is 320 g/mol. The standard InChI is InChI=1S/C19H32N2O2/c1-2-3-4-5-6-16(17(20)22)21-18(23)19-10-13-7-14(11-19)9-15(8-13)12-19/h13-16H,2-12H2,1H3,(H2,20,22)(H,21,23)/t13?,14?,15?,16-,19?/m0/s1. The van der Waals surface area contributed by atoms with Gasteiger partial charge in [0.1, 0.15) is 6.04 Å². The van der Waals surface area contributed by atoms with E-state index in [1.54, 1.807) is 0 Å². The molecule has 4 aliphatic carbocycles. The van der Waals surface area contributed by atoms with Gasteiger partial charge < -0.3 is 11.1 Å². The smallest absolute Gasteiger partial charge is 0.239 e. The monoisotopic (exact) mass is 320 g/mol. The molecule has 4 rings (SSSR count). The zero-order chi connectivity index (χ0) is 16.4. The van der Waals surface area contributed by atoms with Gasteiger partial charge in [-0.05, 0) is 62.7 Å². The summed E-state index contributed by atoms with van der Waals surface area (Å²) >= 11 is 0. The molecule has 4 saturated carbocycles. The van der Waals surface area contributed by atoms with Crippen LogP contribution in [0.5, 0.6) is 0 Å². The number of carbonyl (C=O) groups excluding carboxylic acids is 2. The maximum absolute atomic E-state index is 13.0. The van der Waals surface area contributed by atoms with E-state index in [1.165, 1.54) is 32.1 Å². The molecule has 0 radical (unpaired) electrons. The third-order valence-corrected chi connectivity index (χ3v) is 6.52. The molecule has 4 heteroatoms. The first-order valence-electron chi connectivity index (χ1n) is 9.62. The lowest BCUT2D eigenvalue weighted by atomic mass is 9.49. The van der Waals surface area contributed by atoms with E-state index >= 15 is 0 Å². The molecule has 0 unspecified atom stereocenters. The van der Waals surface area contributed by atoms with Gasteiger partial charge in [-0.15, -0.1) is 0 Å². The highest BCUT2D eigenvalue weighted by Gasteiger charge is 2.54. The minimum Gasteiger partial charge on any atom is -0.368 e. The lowest BCUT2D eigenvalue weighted by molar-refractivity contribution is -0.148. The fraction of sp³-hybridized carbons (Fsp3) is 0.895. The van der Waals surface area contributed by atoms with Crippen molar-refractivity contribution in [1.29, 1.82) is 0 Å². The van der Waals surface area contributed by atoms with Crippen molar-refractivity contribution in [2.24, 2.45) is 28.9 Å². The highest BCUT2D eigenvalue weighted by molar-refractivity contribution is 5.89. The molecule has 4 bridgehead atoms. The van der Waals surface area contributed by atoms with Gasteiger partial charge in [0.25, 0.3) is 0 Å². The van der Waals surface area contributed by atoms with Gasteiger partial charge in [-0.1, -0.05) is 32.6 Å². The summed E-state index contributed by atoms with van der Waals surface area (Å²) in [6.07, 6.45) is 12.2. The van der Waals surface area contributed by atoms with Crippen LogP contribution in [0, 0.1) is 23.2 Å². The Morgan fingerprint density at radius 2 is 1.61 bits per heavy atom. The van der Waals surface area contributed by atoms with E-state index in [1.807, 2.05) is 0 Å². The summed E-state index contributed by atoms with van der Waals surface area (Å²) in [5, 5.41) is 3.04. The van der Waals surface area contributed by atoms with Crippen LogP contribution >= 0.6 is 0 Å². The summed E-state index contributed by atoms with van der Waals surface area (Å²) < 4.78 is 0. The molecule has 0 saturated heterocycles. The van der Waals surface area contributed by atoms with Crippen molar-refractivity contribution in [3.63, 3.8) is 0 Å². The van der Waals surface area contributed by atoms with Gasteiger partial charge in [0.15, 0.2) is 0 Å². The molecular formula is C19H32N2O2. The van der Waals surface area contributed by atoms with Crippen molar-refractivity contribution < 1.29 is 9.59 Å². The van der Waals surface area contributed by atoms with Gasteiger partial charge in [0, 0.05) is 5.41 Å². The molecule has 1 atom stereocenters. The topological polar surface area (TPSA) is 72.2 Å². The summed E-state index contributed by atoms with van der Waals surface area (Å²) in [7, 11) is 0. The molecule has 0 spiro atoms. The van der Waals surface area contributed by atoms with E-state index in [2.05, 4.69) is 12.2 Å². The Labute approximate surface area is 140 Å². The van der Waals surface area contributed by atoms with E-state index in [4.69, 9.17) is 5.73 Å². The van der Waals surface area contributed by atoms with Crippen LogP contribution in [-0.2, 0) is 9.59 Å². The highest BCUT2D eigenvalue weighted by atomic mass is 16.2. The number of rotatable bonds is 8. The predicted molar refractivity (Wildman–Crippen MR) is 90.5 cm³/mol. The normalized spacial score (nSPS) is 36.0. The van der Waals surface area contributed by atoms with Crippen molar-refractivity contribution >= 4 is 11.8 Å². The predicted octanol–water partition coefficient (Wildman–Crippen LogP) is 3.14. The number of carbonyl (C=O) groups is 2. The summed E-state index contributed by atoms with van der Waals surface area (Å²) in [5.41, 5.74) is 5.35. The highest BCUT2D eigenvalue weighted by Crippen LogP contribution is 2.60. The fourth-order valence-corrected chi connectivity index (χ4v) is 5.76. The Balaban J connectivity index is 1.59. The Kier molecular flexibility index (Phi) is 4.98. The number of nitrogens with one attached hydrogen (secondary N) is 1. The summed E-state index contributed by atoms with van der Waals surface area (Å²) in [4.78, 5) is 24.7. The first-order valence-corrected chi connectivity index (χ1v) is 9.62. The maximum Gasteiger partial charge on any atom is 0.239 e. The second-order valence-corrected chi connectivity index (χ2v) is 8.48. The average Bonchev–Trinajstić information content (AvgIpc) is 2.48. The van der Waals surface area contributed by atoms with E-state index in [0.29, 0.717) is 6.42 Å². The van der Waals surface area contributed by atoms with E-state index in [0.717, 1.165) is 49.9 Å². The second kappa shape index (κ2) is 6.82. The third-order valence-electron chi connectivity index (χ3n) is 6.52. The van der Waals surface area contributed by atoms with Crippen LogP contribution in [0.2, 0.25) is 0 Å². The van der Waals surface area contributed by atoms with Crippen molar-refractivity contribution in [3.8, 4) is 0 Å². The zero-order valence-corrected chi connectivity index (χ0v) is 14.5. The van der Waals surface area contributed by atoms with Crippen LogP contribution < -0.4 is 11.1 Å². The van der Waals surface area contributed by atoms with Gasteiger partial charge in [-0.2, -0.15) is 0 Å². The fourth-order valence-electron chi connectivity index (χ4n) is 5.76. The quantitative estimate of drug-likeness (QED) is 0.674. The Bertz CT molecular complexity index is 425. The van der Waals surface area contributed by atoms with Crippen LogP contribution in [0.4, 0.5) is 0 Å². The molecular weight excluding hydrogens is 288 g/mol. The van der Waals surface area contributed by atoms with Crippen LogP contribution in [0.15, 0.2) is 0 Å². The summed E-state index contributed by atoms with van der Waals surface area (Å²) in [5.74, 6) is 1.96. The van der Waals surface area contributed by atoms with E-state index < -0.39 is 6.04 Å². The first kappa shape index (κ1) is 16.8. The molecule has 0 aromatic carbocycles. The molecule has 4 aliphatic rings. The van der Waals surface area contributed by atoms with Crippen molar-refractivity contribution in [3.05, 3.63) is 0 Å². The Hall–Kier alpha value is -1.06. The van der Waals surface area contributed by atoms with Crippen LogP contribution in [0.25, 0.3) is 0 Å². The third kappa shape index (κ3) is 3.56. The minimum atomic E-state index is -0.479. The maximum atomic E-state index is 13.0. The van der Waals surface area contributed by atoms with Crippen molar-refractivity contribution in [2.45, 2.75) is 83.6 Å². The lowest BCUT2D eigenvalue weighted by Gasteiger charge is -2.55. The number of nitrogens with two attached hydrogens (primary N) is 1. The van der Waals surface area contributed by atoms with Gasteiger partial charge in [0.2, 0.25) is 11.8 Å². The SMILES string of the molecule is CCCCCC[C@H](NC(=O)C12CC3CC(CC(C3)C1)C2)C(N)=O. The lowest BCUT2D eigenvalue weighted by Crippen LogP contribution is -2.56. The van der Waals surface area contributed by atoms with Gasteiger partial charge >= 0.3 is 0 Å². The molecule has 4 fully saturated rings. The van der Waals surface area contributed by atoms with Crippen molar-refractivity contribution in [1.82, 2.24) is 5.32 Å². The van der Waals surface area contributed by atoms with Gasteiger partial charge in [0.05, 0.1) is 0 Å². The molecule has 0 heterocycles. The Morgan fingerprint density at radius 1 is 1.04 bits per heavy atom. The Morgan fingerprint density at radius 3 is 2.09 bits per heavy atom. The number of unbranched alkanes of at least 4 members (excludes halogenated alkanes) is 3. The number of amides is 2. The summed E-state index contributed by atoms with van der Waals surface area (Å²) in [6.45, 7) is 2.17. The zero-order valence-electron chi connectivity index (χ0n) is 14.5. The van der Waals surface area contributed by atoms with Gasteiger partial charge in [-0.25, -0.2) is 0 Å². The van der Waals surface area contributed by atoms with Crippen LogP contribution in [-0.4, -0.2) is 17.9 Å². The molecule has 4 nitrogen and oxygen atoms in total. The van der Waals surface area contributed by atoms with Crippen LogP contribution in [0.1, 0.15) is 77.6 Å². The van der Waals surface area contributed by atoms with Crippen molar-refractivity contribution in [2.75, 3.05) is 0 Å². The second-order valence-electron chi connectivity index (χ2n) is 8.48. The first-order chi connectivity index (χ1) is 11.0. The molecule has 0 aliphatic heterocycles. The molecule has 0 aromatic rings. The van der Waals surface area contributed by atoms with E-state index in [-0.39, 0.29) is 17.2 Å². The number of primary amides is 1. The van der Waals surface area contributed by atoms with Crippen LogP contribution in [0.3, 0.4) is 0 Å². The molecule has 2 amide bonds. The van der Waals surface area contributed by atoms with Gasteiger partial charge in [-0.3, -0.25) is 9.59 Å². The largest absolute Gasteiger partial charge is 0.368 e. The van der Waals surface area contributed by atoms with E-state index in [9.17, 15) is 9.59 Å². The summed E-state index contributed by atoms with van der Waals surface area (Å²) in [6, 6.07) is -0.479. The molecule has 130 valence electrons.